The van der Waals surface area contributed by atoms with E-state index >= 15 is 0 Å². The molecule has 0 aromatic carbocycles. The highest BCUT2D eigenvalue weighted by molar-refractivity contribution is 5.15. The molecule has 1 atom stereocenters. The molecule has 10 heavy (non-hydrogen) atoms. The smallest absolute Gasteiger partial charge is 0.0700 e. The number of hydrogen-bond acceptors (Lipinski definition) is 1. The van der Waals surface area contributed by atoms with Crippen molar-refractivity contribution in [1.29, 1.82) is 5.26 Å². The third-order valence-corrected chi connectivity index (χ3v) is 2.18. The summed E-state index contributed by atoms with van der Waals surface area (Å²) in [6, 6.07) is 2.34. The van der Waals surface area contributed by atoms with Crippen LogP contribution in [0.2, 0.25) is 0 Å². The maximum atomic E-state index is 8.70. The molecule has 0 saturated heterocycles. The Morgan fingerprint density at radius 3 is 2.90 bits per heavy atom. The Balaban J connectivity index is 2.62. The van der Waals surface area contributed by atoms with Crippen LogP contribution in [-0.4, -0.2) is 0 Å². The molecule has 1 rings (SSSR count). The molecule has 0 heterocycles. The van der Waals surface area contributed by atoms with Crippen molar-refractivity contribution < 1.29 is 0 Å². The van der Waals surface area contributed by atoms with Gasteiger partial charge in [0.25, 0.3) is 0 Å². The van der Waals surface area contributed by atoms with Crippen LogP contribution in [0.1, 0.15) is 32.6 Å². The summed E-state index contributed by atoms with van der Waals surface area (Å²) in [7, 11) is 0. The molecule has 1 fully saturated rings. The Morgan fingerprint density at radius 1 is 1.60 bits per heavy atom. The van der Waals surface area contributed by atoms with E-state index in [-0.39, 0.29) is 5.92 Å². The van der Waals surface area contributed by atoms with Crippen molar-refractivity contribution >= 4 is 0 Å². The minimum Gasteiger partial charge on any atom is -0.198 e. The zero-order valence-corrected chi connectivity index (χ0v) is 6.43. The fourth-order valence-electron chi connectivity index (χ4n) is 1.53. The van der Waals surface area contributed by atoms with Crippen molar-refractivity contribution in [3.8, 4) is 6.07 Å². The van der Waals surface area contributed by atoms with E-state index in [4.69, 9.17) is 5.26 Å². The van der Waals surface area contributed by atoms with Gasteiger partial charge in [-0.25, -0.2) is 0 Å². The maximum Gasteiger partial charge on any atom is 0.0700 e. The molecule has 0 N–H and O–H groups in total. The van der Waals surface area contributed by atoms with Crippen LogP contribution in [0.25, 0.3) is 0 Å². The summed E-state index contributed by atoms with van der Waals surface area (Å²) in [5.41, 5.74) is 1.36. The molecule has 0 aliphatic heterocycles. The van der Waals surface area contributed by atoms with E-state index in [1.807, 2.05) is 6.92 Å². The minimum absolute atomic E-state index is 0.235. The first-order valence-corrected chi connectivity index (χ1v) is 3.93. The van der Waals surface area contributed by atoms with Crippen LogP contribution in [0.15, 0.2) is 11.6 Å². The number of nitriles is 1. The number of hydrogen-bond donors (Lipinski definition) is 0. The molecule has 1 nitrogen and oxygen atoms in total. The average molecular weight is 135 g/mol. The fraction of sp³-hybridized carbons (Fsp3) is 0.667. The number of rotatable bonds is 0. The van der Waals surface area contributed by atoms with Gasteiger partial charge in [0.05, 0.1) is 12.0 Å². The third-order valence-electron chi connectivity index (χ3n) is 2.18. The van der Waals surface area contributed by atoms with Gasteiger partial charge in [-0.15, -0.1) is 0 Å². The van der Waals surface area contributed by atoms with Gasteiger partial charge in [-0.2, -0.15) is 5.26 Å². The Morgan fingerprint density at radius 2 is 2.40 bits per heavy atom. The second kappa shape index (κ2) is 3.41. The second-order valence-corrected chi connectivity index (χ2v) is 2.79. The van der Waals surface area contributed by atoms with E-state index in [0.717, 1.165) is 12.8 Å². The predicted molar refractivity (Wildman–Crippen MR) is 41.3 cm³/mol. The van der Waals surface area contributed by atoms with Crippen molar-refractivity contribution in [3.05, 3.63) is 11.6 Å². The first-order chi connectivity index (χ1) is 4.88. The van der Waals surface area contributed by atoms with Crippen molar-refractivity contribution in [3.63, 3.8) is 0 Å². The lowest BCUT2D eigenvalue weighted by molar-refractivity contribution is 0.526. The highest BCUT2D eigenvalue weighted by Crippen LogP contribution is 2.28. The van der Waals surface area contributed by atoms with Gasteiger partial charge in [0.1, 0.15) is 0 Å². The van der Waals surface area contributed by atoms with Crippen molar-refractivity contribution in [2.45, 2.75) is 32.6 Å². The molecule has 0 aromatic heterocycles. The summed E-state index contributed by atoms with van der Waals surface area (Å²) in [6.45, 7) is 2.03. The van der Waals surface area contributed by atoms with Crippen LogP contribution in [0, 0.1) is 17.2 Å². The van der Waals surface area contributed by atoms with Gasteiger partial charge in [-0.3, -0.25) is 0 Å². The predicted octanol–water partition coefficient (Wildman–Crippen LogP) is 2.65. The van der Waals surface area contributed by atoms with Crippen LogP contribution >= 0.6 is 0 Å². The molecule has 0 spiro atoms. The van der Waals surface area contributed by atoms with E-state index in [1.165, 1.54) is 18.4 Å². The lowest BCUT2D eigenvalue weighted by Crippen LogP contribution is -2.06. The first kappa shape index (κ1) is 7.34. The van der Waals surface area contributed by atoms with Crippen LogP contribution in [-0.2, 0) is 0 Å². The van der Waals surface area contributed by atoms with E-state index in [1.54, 1.807) is 0 Å². The first-order valence-electron chi connectivity index (χ1n) is 3.93. The second-order valence-electron chi connectivity index (χ2n) is 2.79. The molecule has 1 aliphatic carbocycles. The number of nitrogens with zero attached hydrogens (tertiary/aromatic N) is 1. The fourth-order valence-corrected chi connectivity index (χ4v) is 1.53. The molecule has 1 unspecified atom stereocenters. The summed E-state index contributed by atoms with van der Waals surface area (Å²) < 4.78 is 0. The van der Waals surface area contributed by atoms with Gasteiger partial charge in [-0.1, -0.05) is 18.1 Å². The SMILES string of the molecule is C/C=C1\CCCCC1C#N. The Hall–Kier alpha value is -0.770. The molecule has 0 amide bonds. The van der Waals surface area contributed by atoms with Gasteiger partial charge < -0.3 is 0 Å². The maximum absolute atomic E-state index is 8.70. The van der Waals surface area contributed by atoms with E-state index < -0.39 is 0 Å². The summed E-state index contributed by atoms with van der Waals surface area (Å²) in [5.74, 6) is 0.235. The Bertz CT molecular complexity index is 174. The van der Waals surface area contributed by atoms with E-state index in [2.05, 4.69) is 12.1 Å². The molecule has 1 saturated carbocycles. The van der Waals surface area contributed by atoms with Crippen LogP contribution < -0.4 is 0 Å². The Kier molecular flexibility index (Phi) is 2.50. The van der Waals surface area contributed by atoms with E-state index in [0.29, 0.717) is 0 Å². The molecule has 0 aromatic rings. The zero-order chi connectivity index (χ0) is 7.40. The quantitative estimate of drug-likeness (QED) is 0.468. The molecule has 0 bridgehead atoms. The molecule has 54 valence electrons. The molecule has 1 heteroatoms. The normalized spacial score (nSPS) is 30.0. The van der Waals surface area contributed by atoms with Crippen molar-refractivity contribution in [1.82, 2.24) is 0 Å². The lowest BCUT2D eigenvalue weighted by atomic mass is 9.85. The minimum atomic E-state index is 0.235. The Labute approximate surface area is 62.4 Å². The van der Waals surface area contributed by atoms with Crippen LogP contribution in [0.4, 0.5) is 0 Å². The van der Waals surface area contributed by atoms with Crippen molar-refractivity contribution in [2.24, 2.45) is 5.92 Å². The standard InChI is InChI=1S/C9H13N/c1-2-8-5-3-4-6-9(8)7-10/h2,9H,3-6H2,1H3/b8-2+. The third kappa shape index (κ3) is 1.39. The summed E-state index contributed by atoms with van der Waals surface area (Å²) in [4.78, 5) is 0. The van der Waals surface area contributed by atoms with Gasteiger partial charge in [0.15, 0.2) is 0 Å². The van der Waals surface area contributed by atoms with Crippen molar-refractivity contribution in [2.75, 3.05) is 0 Å². The van der Waals surface area contributed by atoms with Gasteiger partial charge in [-0.05, 0) is 26.2 Å². The van der Waals surface area contributed by atoms with Crippen LogP contribution in [0.3, 0.4) is 0 Å². The summed E-state index contributed by atoms with van der Waals surface area (Å²) in [6.07, 6.45) is 6.84. The zero-order valence-electron chi connectivity index (χ0n) is 6.43. The largest absolute Gasteiger partial charge is 0.198 e. The highest BCUT2D eigenvalue weighted by Gasteiger charge is 2.16. The van der Waals surface area contributed by atoms with Crippen LogP contribution in [0.5, 0.6) is 0 Å². The molecule has 1 aliphatic rings. The summed E-state index contributed by atoms with van der Waals surface area (Å²) in [5, 5.41) is 8.70. The lowest BCUT2D eigenvalue weighted by Gasteiger charge is -2.18. The van der Waals surface area contributed by atoms with Gasteiger partial charge in [0, 0.05) is 0 Å². The van der Waals surface area contributed by atoms with E-state index in [9.17, 15) is 0 Å². The summed E-state index contributed by atoms with van der Waals surface area (Å²) >= 11 is 0. The topological polar surface area (TPSA) is 23.8 Å². The average Bonchev–Trinajstić information content (AvgIpc) is 2.04. The van der Waals surface area contributed by atoms with Gasteiger partial charge in [0.2, 0.25) is 0 Å². The molecular weight excluding hydrogens is 122 g/mol. The molecule has 0 radical (unpaired) electrons. The molecular formula is C9H13N. The van der Waals surface area contributed by atoms with Gasteiger partial charge >= 0.3 is 0 Å². The number of allylic oxidation sites excluding steroid dienone is 2. The highest BCUT2D eigenvalue weighted by atomic mass is 14.3. The monoisotopic (exact) mass is 135 g/mol.